The van der Waals surface area contributed by atoms with E-state index in [2.05, 4.69) is 35.9 Å². The largest absolute Gasteiger partial charge is 0.471 e. The van der Waals surface area contributed by atoms with E-state index in [0.29, 0.717) is 0 Å². The van der Waals surface area contributed by atoms with Gasteiger partial charge >= 0.3 is 12.4 Å². The number of nitrogens with one attached hydrogen (secondary N) is 4. The number of hydrogen-bond donors (Lipinski definition) is 4. The molecule has 2 amide bonds. The van der Waals surface area contributed by atoms with Gasteiger partial charge in [-0.05, 0) is 49.4 Å². The number of imidazole rings is 2. The van der Waals surface area contributed by atoms with E-state index in [1.165, 1.54) is 16.8 Å². The highest BCUT2D eigenvalue weighted by atomic mass is 19.4. The maximum absolute atomic E-state index is 13.9. The van der Waals surface area contributed by atoms with Crippen molar-refractivity contribution in [3.8, 4) is 5.88 Å². The topological polar surface area (TPSA) is 139 Å². The van der Waals surface area contributed by atoms with Crippen LogP contribution in [-0.4, -0.2) is 61.6 Å². The van der Waals surface area contributed by atoms with Gasteiger partial charge in [0.1, 0.15) is 11.1 Å². The molecule has 0 atom stereocenters. The summed E-state index contributed by atoms with van der Waals surface area (Å²) in [7, 11) is 1.60. The molecule has 4 N–H and O–H groups in total. The average Bonchev–Trinajstić information content (AvgIpc) is 3.62. The van der Waals surface area contributed by atoms with E-state index in [9.17, 15) is 44.7 Å². The number of alkyl halides is 8. The number of anilines is 2. The Bertz CT molecular complexity index is 1780. The molecule has 0 aliphatic heterocycles. The van der Waals surface area contributed by atoms with Gasteiger partial charge < -0.3 is 30.2 Å². The number of H-pyrrole nitrogens is 1. The molecule has 4 aromatic rings. The summed E-state index contributed by atoms with van der Waals surface area (Å²) in [6.45, 7) is -1.30. The Morgan fingerprint density at radius 3 is 2.40 bits per heavy atom. The first-order valence-corrected chi connectivity index (χ1v) is 14.5. The number of carbonyl (C=O) groups excluding carboxylic acids is 2. The normalized spacial score (nSPS) is 17.0. The zero-order chi connectivity index (χ0) is 34.8. The molecule has 258 valence electrons. The third-order valence-corrected chi connectivity index (χ3v) is 7.67. The highest BCUT2D eigenvalue weighted by molar-refractivity contribution is 5.99. The van der Waals surface area contributed by atoms with Crippen LogP contribution >= 0.6 is 0 Å². The lowest BCUT2D eigenvalue weighted by molar-refractivity contribution is -0.182. The lowest BCUT2D eigenvalue weighted by Crippen LogP contribution is -2.40. The summed E-state index contributed by atoms with van der Waals surface area (Å²) in [5.41, 5.74) is -1.77. The maximum atomic E-state index is 13.9. The fourth-order valence-electron chi connectivity index (χ4n) is 5.25. The second-order valence-electron chi connectivity index (χ2n) is 11.1. The first-order valence-electron chi connectivity index (χ1n) is 14.5. The number of amides is 2. The molecule has 0 unspecified atom stereocenters. The number of aromatic amines is 1. The van der Waals surface area contributed by atoms with Crippen molar-refractivity contribution in [2.24, 2.45) is 13.0 Å². The molecule has 11 nitrogen and oxygen atoms in total. The highest BCUT2D eigenvalue weighted by Crippen LogP contribution is 2.38. The van der Waals surface area contributed by atoms with Crippen LogP contribution in [0, 0.1) is 5.92 Å². The van der Waals surface area contributed by atoms with Gasteiger partial charge in [0.05, 0.1) is 17.2 Å². The molecule has 5 rings (SSSR count). The Labute approximate surface area is 266 Å². The Balaban J connectivity index is 1.38. The first-order chi connectivity index (χ1) is 22.6. The lowest BCUT2D eigenvalue weighted by atomic mass is 9.85. The van der Waals surface area contributed by atoms with E-state index >= 15 is 0 Å². The van der Waals surface area contributed by atoms with E-state index in [-0.39, 0.29) is 66.3 Å². The van der Waals surface area contributed by atoms with Crippen molar-refractivity contribution in [3.63, 3.8) is 0 Å². The molecule has 1 fully saturated rings. The molecule has 0 saturated heterocycles. The zero-order valence-corrected chi connectivity index (χ0v) is 25.0. The number of ether oxygens (including phenoxy) is 1. The third kappa shape index (κ3) is 8.11. The molecule has 0 bridgehead atoms. The monoisotopic (exact) mass is 688 g/mol. The van der Waals surface area contributed by atoms with Gasteiger partial charge in [-0.1, -0.05) is 6.07 Å². The minimum atomic E-state index is -4.80. The second kappa shape index (κ2) is 13.6. The molecule has 3 heterocycles. The molecule has 3 aromatic heterocycles. The van der Waals surface area contributed by atoms with Crippen LogP contribution in [-0.2, 0) is 19.8 Å². The molecule has 1 saturated carbocycles. The second-order valence-corrected chi connectivity index (χ2v) is 11.1. The maximum Gasteiger partial charge on any atom is 0.418 e. The van der Waals surface area contributed by atoms with Crippen LogP contribution in [0.25, 0.3) is 11.2 Å². The van der Waals surface area contributed by atoms with Gasteiger partial charge in [0, 0.05) is 32.0 Å². The van der Waals surface area contributed by atoms with Crippen LogP contribution in [0.5, 0.6) is 5.88 Å². The van der Waals surface area contributed by atoms with E-state index in [4.69, 9.17) is 4.74 Å². The van der Waals surface area contributed by atoms with E-state index in [1.54, 1.807) is 13.2 Å². The van der Waals surface area contributed by atoms with Crippen molar-refractivity contribution in [1.82, 2.24) is 35.1 Å². The highest BCUT2D eigenvalue weighted by Gasteiger charge is 2.41. The molecule has 1 aliphatic rings. The Morgan fingerprint density at radius 1 is 1.04 bits per heavy atom. The number of nitrogens with zero attached hydrogens (tertiary/aromatic N) is 4. The number of rotatable bonds is 10. The number of halogens is 8. The fraction of sp³-hybridized carbons (Fsp3) is 0.414. The molecule has 0 spiro atoms. The smallest absolute Gasteiger partial charge is 0.418 e. The summed E-state index contributed by atoms with van der Waals surface area (Å²) in [6.07, 6.45) is -9.49. The van der Waals surface area contributed by atoms with Gasteiger partial charge in [0.15, 0.2) is 18.1 Å². The molecule has 1 aromatic carbocycles. The van der Waals surface area contributed by atoms with Crippen molar-refractivity contribution in [2.75, 3.05) is 11.9 Å². The summed E-state index contributed by atoms with van der Waals surface area (Å²) < 4.78 is 113. The Hall–Kier alpha value is -4.97. The van der Waals surface area contributed by atoms with Gasteiger partial charge in [0.2, 0.25) is 11.8 Å². The minimum Gasteiger partial charge on any atom is -0.471 e. The van der Waals surface area contributed by atoms with Crippen molar-refractivity contribution < 1.29 is 49.4 Å². The van der Waals surface area contributed by atoms with Gasteiger partial charge in [-0.15, -0.1) is 0 Å². The average molecular weight is 689 g/mol. The van der Waals surface area contributed by atoms with Crippen LogP contribution in [0.1, 0.15) is 57.8 Å². The molecule has 48 heavy (non-hydrogen) atoms. The van der Waals surface area contributed by atoms with Crippen LogP contribution in [0.4, 0.5) is 46.8 Å². The summed E-state index contributed by atoms with van der Waals surface area (Å²) in [5.74, 6) is -3.62. The predicted octanol–water partition coefficient (Wildman–Crippen LogP) is 5.88. The molecule has 0 radical (unpaired) electrons. The van der Waals surface area contributed by atoms with Crippen molar-refractivity contribution in [2.45, 2.75) is 57.0 Å². The molecule has 19 heteroatoms. The number of hydrogen-bond acceptors (Lipinski definition) is 7. The summed E-state index contributed by atoms with van der Waals surface area (Å²) in [4.78, 5) is 40.3. The summed E-state index contributed by atoms with van der Waals surface area (Å²) >= 11 is 0. The Kier molecular flexibility index (Phi) is 9.76. The van der Waals surface area contributed by atoms with Crippen molar-refractivity contribution in [3.05, 3.63) is 59.2 Å². The van der Waals surface area contributed by atoms with Gasteiger partial charge in [-0.2, -0.15) is 31.3 Å². The number of aryl methyl sites for hydroxylation is 1. The number of aromatic nitrogens is 5. The molecular weight excluding hydrogens is 660 g/mol. The minimum absolute atomic E-state index is 0.0303. The van der Waals surface area contributed by atoms with Crippen molar-refractivity contribution >= 4 is 34.6 Å². The van der Waals surface area contributed by atoms with Crippen LogP contribution in [0.3, 0.4) is 0 Å². The summed E-state index contributed by atoms with van der Waals surface area (Å²) in [6, 6.07) is 3.63. The number of benzene rings is 1. The van der Waals surface area contributed by atoms with Gasteiger partial charge in [-0.25, -0.2) is 18.7 Å². The quantitative estimate of drug-likeness (QED) is 0.153. The number of pyridine rings is 1. The molecular formula is C29H28F8N8O3. The lowest BCUT2D eigenvalue weighted by Gasteiger charge is -2.30. The van der Waals surface area contributed by atoms with Gasteiger partial charge in [0.25, 0.3) is 18.2 Å². The summed E-state index contributed by atoms with van der Waals surface area (Å²) in [5, 5.41) is 7.68. The van der Waals surface area contributed by atoms with Crippen LogP contribution in [0.15, 0.2) is 36.7 Å². The van der Waals surface area contributed by atoms with Crippen LogP contribution < -0.4 is 20.7 Å². The first kappa shape index (κ1) is 34.4. The van der Waals surface area contributed by atoms with E-state index in [0.717, 1.165) is 18.2 Å². The Morgan fingerprint density at radius 2 is 1.77 bits per heavy atom. The number of carbonyl (C=O) groups is 2. The standard InChI is InChI=1S/C29H28F8N8O3/c1-45-9-8-38-23(45)25(47)39-12-14-2-7-18(29(35,36)37)19(10-14)41-27-42-20-11-17(26(43-22(20)44-27)48-13-21(30)31)24(46)40-16-5-3-15(4-6-16)28(32,33)34/h2,7-11,15-16,21H,3-6,12-13H2,1H3,(H,39,47)(H,40,46)(H2,41,42,43,44)/t15-,16-. The fourth-order valence-corrected chi connectivity index (χ4v) is 5.25. The van der Waals surface area contributed by atoms with E-state index in [1.807, 2.05) is 0 Å². The van der Waals surface area contributed by atoms with Crippen molar-refractivity contribution in [1.29, 1.82) is 0 Å². The van der Waals surface area contributed by atoms with Crippen LogP contribution in [0.2, 0.25) is 0 Å². The zero-order valence-electron chi connectivity index (χ0n) is 25.0. The predicted molar refractivity (Wildman–Crippen MR) is 154 cm³/mol. The third-order valence-electron chi connectivity index (χ3n) is 7.67. The van der Waals surface area contributed by atoms with E-state index < -0.39 is 66.3 Å². The van der Waals surface area contributed by atoms with Gasteiger partial charge in [-0.3, -0.25) is 9.59 Å². The molecule has 1 aliphatic carbocycles. The number of fused-ring (bicyclic) bond motifs is 1. The SMILES string of the molecule is Cn1ccnc1C(=O)NCc1ccc(C(F)(F)F)c(Nc2nc3cc(C(=O)N[C@H]4CC[C@H](C(F)(F)F)CC4)c(OCC(F)F)nc3[nH]2)c1.